The lowest BCUT2D eigenvalue weighted by atomic mass is 9.90. The Kier molecular flexibility index (Phi) is 7.26. The van der Waals surface area contributed by atoms with E-state index in [9.17, 15) is 8.42 Å². The summed E-state index contributed by atoms with van der Waals surface area (Å²) in [5, 5.41) is 1.05. The molecule has 1 fully saturated rings. The Labute approximate surface area is 196 Å². The van der Waals surface area contributed by atoms with Gasteiger partial charge < -0.3 is 14.5 Å². The van der Waals surface area contributed by atoms with Gasteiger partial charge in [0.25, 0.3) is 10.2 Å². The molecule has 0 radical (unpaired) electrons. The molecule has 1 heterocycles. The summed E-state index contributed by atoms with van der Waals surface area (Å²) in [6, 6.07) is 13.8. The fourth-order valence-corrected chi connectivity index (χ4v) is 6.07. The molecule has 0 spiro atoms. The molecule has 1 aliphatic rings. The average Bonchev–Trinajstić information content (AvgIpc) is 3.28. The van der Waals surface area contributed by atoms with E-state index in [0.29, 0.717) is 11.5 Å². The molecular formula is C25H33N3O4S. The molecule has 0 bridgehead atoms. The highest BCUT2D eigenvalue weighted by atomic mass is 32.2. The number of ether oxygens (including phenoxy) is 2. The Hall–Kier alpha value is -2.55. The maximum absolute atomic E-state index is 13.2. The van der Waals surface area contributed by atoms with Crippen LogP contribution >= 0.6 is 0 Å². The van der Waals surface area contributed by atoms with Crippen LogP contribution in [0.1, 0.15) is 49.1 Å². The van der Waals surface area contributed by atoms with Gasteiger partial charge in [0.15, 0.2) is 11.5 Å². The molecule has 4 rings (SSSR count). The number of fused-ring (bicyclic) bond motifs is 1. The zero-order valence-electron chi connectivity index (χ0n) is 19.5. The van der Waals surface area contributed by atoms with Crippen LogP contribution < -0.4 is 14.2 Å². The lowest BCUT2D eigenvalue weighted by molar-refractivity contribution is 0.283. The molecule has 1 atom stereocenters. The highest BCUT2D eigenvalue weighted by Gasteiger charge is 2.30. The number of hydrogen-bond donors (Lipinski definition) is 2. The van der Waals surface area contributed by atoms with E-state index in [2.05, 4.69) is 9.71 Å². The van der Waals surface area contributed by atoms with Gasteiger partial charge in [-0.3, -0.25) is 0 Å². The van der Waals surface area contributed by atoms with Crippen LogP contribution in [-0.4, -0.2) is 51.6 Å². The van der Waals surface area contributed by atoms with E-state index in [1.54, 1.807) is 21.3 Å². The van der Waals surface area contributed by atoms with Crippen molar-refractivity contribution in [3.8, 4) is 11.5 Å². The van der Waals surface area contributed by atoms with Crippen LogP contribution in [0.3, 0.4) is 0 Å². The Morgan fingerprint density at radius 2 is 1.79 bits per heavy atom. The van der Waals surface area contributed by atoms with Crippen LogP contribution in [0.5, 0.6) is 11.5 Å². The molecule has 1 aromatic heterocycles. The average molecular weight is 472 g/mol. The number of nitrogens with zero attached hydrogens (tertiary/aromatic N) is 1. The van der Waals surface area contributed by atoms with Gasteiger partial charge in [-0.25, -0.2) is 4.72 Å². The van der Waals surface area contributed by atoms with Crippen molar-refractivity contribution in [2.45, 2.75) is 44.1 Å². The molecule has 7 nitrogen and oxygen atoms in total. The monoisotopic (exact) mass is 471 g/mol. The topological polar surface area (TPSA) is 83.7 Å². The second-order valence-corrected chi connectivity index (χ2v) is 10.4. The predicted octanol–water partition coefficient (Wildman–Crippen LogP) is 4.42. The summed E-state index contributed by atoms with van der Waals surface area (Å²) in [4.78, 5) is 3.32. The minimum Gasteiger partial charge on any atom is -0.493 e. The van der Waals surface area contributed by atoms with Gasteiger partial charge in [0.1, 0.15) is 0 Å². The second-order valence-electron chi connectivity index (χ2n) is 8.59. The summed E-state index contributed by atoms with van der Waals surface area (Å²) in [5.41, 5.74) is 2.87. The quantitative estimate of drug-likeness (QED) is 0.484. The molecule has 1 aliphatic carbocycles. The number of methoxy groups -OCH3 is 2. The fourth-order valence-electron chi connectivity index (χ4n) is 4.89. The maximum Gasteiger partial charge on any atom is 0.279 e. The number of H-pyrrole nitrogens is 1. The SMILES string of the molecule is COc1cccc(C(CNS(=O)(=O)N(C)C2CCCCC2)c2c[nH]c3ccccc23)c1OC. The van der Waals surface area contributed by atoms with E-state index in [-0.39, 0.29) is 18.5 Å². The number of hydrogen-bond acceptors (Lipinski definition) is 4. The number of aromatic amines is 1. The number of aromatic nitrogens is 1. The molecule has 0 amide bonds. The van der Waals surface area contributed by atoms with Gasteiger partial charge in [0.05, 0.1) is 14.2 Å². The van der Waals surface area contributed by atoms with Crippen LogP contribution in [0, 0.1) is 0 Å². The molecule has 8 heteroatoms. The zero-order chi connectivity index (χ0) is 23.4. The molecule has 0 aliphatic heterocycles. The van der Waals surface area contributed by atoms with Gasteiger partial charge >= 0.3 is 0 Å². The predicted molar refractivity (Wildman–Crippen MR) is 131 cm³/mol. The first-order valence-electron chi connectivity index (χ1n) is 11.5. The van der Waals surface area contributed by atoms with Gasteiger partial charge in [-0.1, -0.05) is 49.6 Å². The Balaban J connectivity index is 1.70. The van der Waals surface area contributed by atoms with E-state index in [4.69, 9.17) is 9.47 Å². The summed E-state index contributed by atoms with van der Waals surface area (Å²) >= 11 is 0. The molecule has 0 saturated heterocycles. The summed E-state index contributed by atoms with van der Waals surface area (Å²) in [7, 11) is 1.25. The van der Waals surface area contributed by atoms with Crippen molar-refractivity contribution < 1.29 is 17.9 Å². The van der Waals surface area contributed by atoms with Crippen LogP contribution in [0.25, 0.3) is 10.9 Å². The van der Waals surface area contributed by atoms with Crippen molar-refractivity contribution in [3.05, 3.63) is 59.8 Å². The lowest BCUT2D eigenvalue weighted by Gasteiger charge is -2.31. The van der Waals surface area contributed by atoms with Crippen molar-refractivity contribution in [2.75, 3.05) is 27.8 Å². The minimum atomic E-state index is -3.64. The lowest BCUT2D eigenvalue weighted by Crippen LogP contribution is -2.46. The third kappa shape index (κ3) is 4.88. The first-order valence-corrected chi connectivity index (χ1v) is 12.9. The molecular weight excluding hydrogens is 438 g/mol. The molecule has 1 unspecified atom stereocenters. The summed E-state index contributed by atoms with van der Waals surface area (Å²) in [5.74, 6) is 0.942. The van der Waals surface area contributed by atoms with Crippen LogP contribution in [-0.2, 0) is 10.2 Å². The van der Waals surface area contributed by atoms with Gasteiger partial charge in [-0.05, 0) is 30.5 Å². The normalized spacial score (nSPS) is 16.2. The van der Waals surface area contributed by atoms with Gasteiger partial charge in [0.2, 0.25) is 0 Å². The van der Waals surface area contributed by atoms with E-state index >= 15 is 0 Å². The zero-order valence-corrected chi connectivity index (χ0v) is 20.3. The van der Waals surface area contributed by atoms with Crippen LogP contribution in [0.4, 0.5) is 0 Å². The third-order valence-electron chi connectivity index (χ3n) is 6.74. The van der Waals surface area contributed by atoms with E-state index in [1.165, 1.54) is 10.7 Å². The number of nitrogens with one attached hydrogen (secondary N) is 2. The van der Waals surface area contributed by atoms with Crippen LogP contribution in [0.15, 0.2) is 48.7 Å². The van der Waals surface area contributed by atoms with Gasteiger partial charge in [-0.15, -0.1) is 0 Å². The first kappa shape index (κ1) is 23.6. The van der Waals surface area contributed by atoms with Crippen molar-refractivity contribution in [2.24, 2.45) is 0 Å². The molecule has 1 saturated carbocycles. The molecule has 178 valence electrons. The standard InChI is InChI=1S/C25H33N3O4S/c1-28(18-10-5-4-6-11-18)33(29,30)27-17-22(20-13-9-15-24(31-2)25(20)32-3)21-16-26-23-14-8-7-12-19(21)23/h7-9,12-16,18,22,26-27H,4-6,10-11,17H2,1-3H3. The first-order chi connectivity index (χ1) is 16.0. The second kappa shape index (κ2) is 10.2. The maximum atomic E-state index is 13.2. The third-order valence-corrected chi connectivity index (χ3v) is 8.33. The molecule has 3 aromatic rings. The van der Waals surface area contributed by atoms with Crippen molar-refractivity contribution in [3.63, 3.8) is 0 Å². The van der Waals surface area contributed by atoms with Gasteiger partial charge in [-0.2, -0.15) is 12.7 Å². The highest BCUT2D eigenvalue weighted by Crippen LogP contribution is 2.40. The number of para-hydroxylation sites is 2. The Morgan fingerprint density at radius 1 is 1.03 bits per heavy atom. The molecule has 2 aromatic carbocycles. The van der Waals surface area contributed by atoms with Crippen LogP contribution in [0.2, 0.25) is 0 Å². The summed E-state index contributed by atoms with van der Waals surface area (Å²) < 4.78 is 42.1. The minimum absolute atomic E-state index is 0.0501. The fraction of sp³-hybridized carbons (Fsp3) is 0.440. The molecule has 33 heavy (non-hydrogen) atoms. The molecule has 2 N–H and O–H groups in total. The van der Waals surface area contributed by atoms with E-state index in [0.717, 1.165) is 47.7 Å². The van der Waals surface area contributed by atoms with Crippen molar-refractivity contribution >= 4 is 21.1 Å². The Bertz CT molecular complexity index is 1190. The number of benzene rings is 2. The van der Waals surface area contributed by atoms with E-state index < -0.39 is 10.2 Å². The smallest absolute Gasteiger partial charge is 0.279 e. The number of rotatable bonds is 9. The van der Waals surface area contributed by atoms with Crippen molar-refractivity contribution in [1.82, 2.24) is 14.0 Å². The van der Waals surface area contributed by atoms with E-state index in [1.807, 2.05) is 48.7 Å². The largest absolute Gasteiger partial charge is 0.493 e. The van der Waals surface area contributed by atoms with Gasteiger partial charge in [0, 0.05) is 48.2 Å². The summed E-state index contributed by atoms with van der Waals surface area (Å²) in [6.07, 6.45) is 7.09. The summed E-state index contributed by atoms with van der Waals surface area (Å²) in [6.45, 7) is 0.199. The van der Waals surface area contributed by atoms with Crippen molar-refractivity contribution in [1.29, 1.82) is 0 Å². The highest BCUT2D eigenvalue weighted by molar-refractivity contribution is 7.87. The Morgan fingerprint density at radius 3 is 2.52 bits per heavy atom.